The predicted octanol–water partition coefficient (Wildman–Crippen LogP) is 3.07. The first-order chi connectivity index (χ1) is 10.1. The van der Waals surface area contributed by atoms with Crippen LogP contribution in [-0.4, -0.2) is 37.1 Å². The van der Waals surface area contributed by atoms with Gasteiger partial charge in [-0.25, -0.2) is 0 Å². The third kappa shape index (κ3) is 4.85. The van der Waals surface area contributed by atoms with Crippen molar-refractivity contribution >= 4 is 5.91 Å². The van der Waals surface area contributed by atoms with Crippen LogP contribution in [0.3, 0.4) is 0 Å². The summed E-state index contributed by atoms with van der Waals surface area (Å²) in [4.78, 5) is 14.3. The summed E-state index contributed by atoms with van der Waals surface area (Å²) in [5, 5.41) is 0. The van der Waals surface area contributed by atoms with E-state index in [0.717, 1.165) is 37.9 Å². The Morgan fingerprint density at radius 1 is 1.19 bits per heavy atom. The lowest BCUT2D eigenvalue weighted by Gasteiger charge is -2.31. The SMILES string of the molecule is COC1CCN(C(=O)Cc2ccc(CC(C)C)cc2)CC1. The van der Waals surface area contributed by atoms with Crippen molar-refractivity contribution in [1.29, 1.82) is 0 Å². The molecule has 3 nitrogen and oxygen atoms in total. The Morgan fingerprint density at radius 3 is 2.29 bits per heavy atom. The lowest BCUT2D eigenvalue weighted by atomic mass is 10.0. The van der Waals surface area contributed by atoms with E-state index in [-0.39, 0.29) is 5.91 Å². The van der Waals surface area contributed by atoms with Gasteiger partial charge in [-0.2, -0.15) is 0 Å². The predicted molar refractivity (Wildman–Crippen MR) is 85.3 cm³/mol. The van der Waals surface area contributed by atoms with Gasteiger partial charge < -0.3 is 9.64 Å². The second-order valence-corrected chi connectivity index (χ2v) is 6.41. The molecule has 0 atom stereocenters. The van der Waals surface area contributed by atoms with E-state index in [4.69, 9.17) is 4.74 Å². The number of likely N-dealkylation sites (tertiary alicyclic amines) is 1. The summed E-state index contributed by atoms with van der Waals surface area (Å²) < 4.78 is 5.34. The average molecular weight is 289 g/mol. The Bertz CT molecular complexity index is 445. The number of carbonyl (C=O) groups is 1. The maximum absolute atomic E-state index is 12.3. The molecule has 1 aliphatic rings. The van der Waals surface area contributed by atoms with E-state index in [1.165, 1.54) is 5.56 Å². The molecular formula is C18H27NO2. The second-order valence-electron chi connectivity index (χ2n) is 6.41. The Kier molecular flexibility index (Phi) is 5.80. The van der Waals surface area contributed by atoms with Gasteiger partial charge in [-0.05, 0) is 36.3 Å². The van der Waals surface area contributed by atoms with Gasteiger partial charge in [0.1, 0.15) is 0 Å². The fourth-order valence-corrected chi connectivity index (χ4v) is 2.89. The molecule has 3 heteroatoms. The molecule has 1 amide bonds. The minimum atomic E-state index is 0.237. The van der Waals surface area contributed by atoms with Crippen molar-refractivity contribution in [3.8, 4) is 0 Å². The van der Waals surface area contributed by atoms with Crippen LogP contribution in [0.4, 0.5) is 0 Å². The molecule has 1 saturated heterocycles. The normalized spacial score (nSPS) is 16.5. The molecule has 116 valence electrons. The van der Waals surface area contributed by atoms with E-state index in [0.29, 0.717) is 18.4 Å². The number of hydrogen-bond acceptors (Lipinski definition) is 2. The quantitative estimate of drug-likeness (QED) is 0.834. The van der Waals surface area contributed by atoms with Crippen LogP contribution in [0.15, 0.2) is 24.3 Å². The van der Waals surface area contributed by atoms with Crippen LogP contribution in [0, 0.1) is 5.92 Å². The summed E-state index contributed by atoms with van der Waals surface area (Å²) >= 11 is 0. The highest BCUT2D eigenvalue weighted by Crippen LogP contribution is 2.15. The molecule has 2 rings (SSSR count). The van der Waals surface area contributed by atoms with Gasteiger partial charge in [0.15, 0.2) is 0 Å². The molecule has 0 aromatic heterocycles. The molecule has 1 aromatic carbocycles. The molecule has 0 bridgehead atoms. The van der Waals surface area contributed by atoms with Crippen molar-refractivity contribution < 1.29 is 9.53 Å². The van der Waals surface area contributed by atoms with Gasteiger partial charge in [-0.15, -0.1) is 0 Å². The summed E-state index contributed by atoms with van der Waals surface area (Å²) in [5.41, 5.74) is 2.46. The van der Waals surface area contributed by atoms with E-state index in [9.17, 15) is 4.79 Å². The van der Waals surface area contributed by atoms with Crippen LogP contribution in [0.2, 0.25) is 0 Å². The van der Waals surface area contributed by atoms with Crippen LogP contribution in [-0.2, 0) is 22.4 Å². The number of amides is 1. The summed E-state index contributed by atoms with van der Waals surface area (Å²) in [6, 6.07) is 8.49. The third-order valence-corrected chi connectivity index (χ3v) is 4.15. The molecule has 1 aromatic rings. The highest BCUT2D eigenvalue weighted by atomic mass is 16.5. The molecule has 0 N–H and O–H groups in total. The van der Waals surface area contributed by atoms with E-state index < -0.39 is 0 Å². The summed E-state index contributed by atoms with van der Waals surface area (Å²) in [6.07, 6.45) is 3.84. The molecule has 1 heterocycles. The standard InChI is InChI=1S/C18H27NO2/c1-14(2)12-15-4-6-16(7-5-15)13-18(20)19-10-8-17(21-3)9-11-19/h4-7,14,17H,8-13H2,1-3H3. The highest BCUT2D eigenvalue weighted by molar-refractivity contribution is 5.78. The van der Waals surface area contributed by atoms with E-state index in [1.807, 2.05) is 4.90 Å². The third-order valence-electron chi connectivity index (χ3n) is 4.15. The number of rotatable bonds is 5. The molecular weight excluding hydrogens is 262 g/mol. The maximum atomic E-state index is 12.3. The van der Waals surface area contributed by atoms with Crippen molar-refractivity contribution in [3.63, 3.8) is 0 Å². The van der Waals surface area contributed by atoms with Gasteiger partial charge in [0.25, 0.3) is 0 Å². The zero-order valence-electron chi connectivity index (χ0n) is 13.5. The molecule has 0 radical (unpaired) electrons. The van der Waals surface area contributed by atoms with Crippen molar-refractivity contribution in [1.82, 2.24) is 4.90 Å². The number of piperidine rings is 1. The van der Waals surface area contributed by atoms with E-state index in [1.54, 1.807) is 7.11 Å². The largest absolute Gasteiger partial charge is 0.381 e. The van der Waals surface area contributed by atoms with Crippen LogP contribution >= 0.6 is 0 Å². The Balaban J connectivity index is 1.85. The first-order valence-electron chi connectivity index (χ1n) is 7.97. The maximum Gasteiger partial charge on any atom is 0.226 e. The molecule has 21 heavy (non-hydrogen) atoms. The Hall–Kier alpha value is -1.35. The topological polar surface area (TPSA) is 29.5 Å². The van der Waals surface area contributed by atoms with E-state index in [2.05, 4.69) is 38.1 Å². The second kappa shape index (κ2) is 7.60. The number of hydrogen-bond donors (Lipinski definition) is 0. The monoisotopic (exact) mass is 289 g/mol. The minimum absolute atomic E-state index is 0.237. The van der Waals surface area contributed by atoms with Gasteiger partial charge in [0.2, 0.25) is 5.91 Å². The van der Waals surface area contributed by atoms with Gasteiger partial charge in [-0.3, -0.25) is 4.79 Å². The van der Waals surface area contributed by atoms with Crippen LogP contribution in [0.1, 0.15) is 37.8 Å². The average Bonchev–Trinajstić information content (AvgIpc) is 2.49. The van der Waals surface area contributed by atoms with Gasteiger partial charge in [0, 0.05) is 20.2 Å². The molecule has 1 fully saturated rings. The molecule has 1 aliphatic heterocycles. The lowest BCUT2D eigenvalue weighted by molar-refractivity contribution is -0.132. The summed E-state index contributed by atoms with van der Waals surface area (Å²) in [5.74, 6) is 0.903. The van der Waals surface area contributed by atoms with Crippen molar-refractivity contribution in [2.45, 2.75) is 45.6 Å². The van der Waals surface area contributed by atoms with Crippen LogP contribution in [0.5, 0.6) is 0 Å². The van der Waals surface area contributed by atoms with Crippen molar-refractivity contribution in [2.24, 2.45) is 5.92 Å². The van der Waals surface area contributed by atoms with Crippen LogP contribution in [0.25, 0.3) is 0 Å². The Labute approximate surface area is 128 Å². The minimum Gasteiger partial charge on any atom is -0.381 e. The van der Waals surface area contributed by atoms with Crippen molar-refractivity contribution in [2.75, 3.05) is 20.2 Å². The fraction of sp³-hybridized carbons (Fsp3) is 0.611. The first kappa shape index (κ1) is 16.0. The Morgan fingerprint density at radius 2 is 1.76 bits per heavy atom. The fourth-order valence-electron chi connectivity index (χ4n) is 2.89. The van der Waals surface area contributed by atoms with Gasteiger partial charge in [0.05, 0.1) is 12.5 Å². The number of benzene rings is 1. The smallest absolute Gasteiger partial charge is 0.226 e. The summed E-state index contributed by atoms with van der Waals surface area (Å²) in [6.45, 7) is 6.09. The number of ether oxygens (including phenoxy) is 1. The molecule has 0 aliphatic carbocycles. The van der Waals surface area contributed by atoms with Crippen LogP contribution < -0.4 is 0 Å². The number of nitrogens with zero attached hydrogens (tertiary/aromatic N) is 1. The van der Waals surface area contributed by atoms with Gasteiger partial charge in [-0.1, -0.05) is 38.1 Å². The zero-order valence-corrected chi connectivity index (χ0v) is 13.5. The highest BCUT2D eigenvalue weighted by Gasteiger charge is 2.22. The molecule has 0 saturated carbocycles. The zero-order chi connectivity index (χ0) is 15.2. The molecule has 0 unspecified atom stereocenters. The number of methoxy groups -OCH3 is 1. The van der Waals surface area contributed by atoms with Gasteiger partial charge >= 0.3 is 0 Å². The lowest BCUT2D eigenvalue weighted by Crippen LogP contribution is -2.41. The van der Waals surface area contributed by atoms with Crippen molar-refractivity contribution in [3.05, 3.63) is 35.4 Å². The first-order valence-corrected chi connectivity index (χ1v) is 7.97. The number of carbonyl (C=O) groups excluding carboxylic acids is 1. The summed E-state index contributed by atoms with van der Waals surface area (Å²) in [7, 11) is 1.75. The molecule has 0 spiro atoms. The van der Waals surface area contributed by atoms with E-state index >= 15 is 0 Å².